The number of alkyl halides is 3. The van der Waals surface area contributed by atoms with Crippen LogP contribution in [0, 0.1) is 0 Å². The van der Waals surface area contributed by atoms with E-state index in [9.17, 15) is 37.8 Å². The van der Waals surface area contributed by atoms with Crippen LogP contribution in [0.2, 0.25) is 0 Å². The Balaban J connectivity index is 2.20. The quantitative estimate of drug-likeness (QED) is 0.149. The minimum Gasteiger partial charge on any atom is -0.481 e. The first-order valence-corrected chi connectivity index (χ1v) is 9.84. The van der Waals surface area contributed by atoms with E-state index in [-0.39, 0.29) is 16.8 Å². The van der Waals surface area contributed by atoms with Crippen molar-refractivity contribution < 1.29 is 42.9 Å². The second-order valence-corrected chi connectivity index (χ2v) is 7.21. The lowest BCUT2D eigenvalue weighted by molar-refractivity contribution is -0.138. The van der Waals surface area contributed by atoms with E-state index < -0.39 is 66.3 Å². The highest BCUT2D eigenvalue weighted by atomic mass is 19.4. The molecule has 1 unspecified atom stereocenters. The van der Waals surface area contributed by atoms with Gasteiger partial charge in [-0.2, -0.15) is 13.2 Å². The zero-order valence-electron chi connectivity index (χ0n) is 17.9. The number of carbonyl (C=O) groups is 3. The summed E-state index contributed by atoms with van der Waals surface area (Å²) in [5.41, 5.74) is 8.43. The molecule has 188 valence electrons. The van der Waals surface area contributed by atoms with Crippen LogP contribution in [0.5, 0.6) is 0 Å². The predicted octanol–water partition coefficient (Wildman–Crippen LogP) is 0.655. The molecule has 1 atom stereocenters. The summed E-state index contributed by atoms with van der Waals surface area (Å²) in [6.07, 6.45) is -7.38. The summed E-state index contributed by atoms with van der Waals surface area (Å²) in [6.45, 7) is -0.729. The number of nitrogens with one attached hydrogen (secondary N) is 2. The zero-order valence-corrected chi connectivity index (χ0v) is 17.9. The van der Waals surface area contributed by atoms with Crippen LogP contribution in [-0.4, -0.2) is 45.6 Å². The summed E-state index contributed by atoms with van der Waals surface area (Å²) < 4.78 is 39.5. The normalized spacial score (nSPS) is 12.1. The van der Waals surface area contributed by atoms with Crippen molar-refractivity contribution in [1.29, 1.82) is 0 Å². The van der Waals surface area contributed by atoms with Crippen molar-refractivity contribution in [2.24, 2.45) is 16.5 Å². The highest BCUT2D eigenvalue weighted by Gasteiger charge is 2.32. The third kappa shape index (κ3) is 7.97. The van der Waals surface area contributed by atoms with Gasteiger partial charge < -0.3 is 37.4 Å². The molecular weight excluding hydrogens is 475 g/mol. The lowest BCUT2D eigenvalue weighted by Gasteiger charge is -2.21. The van der Waals surface area contributed by atoms with E-state index in [0.29, 0.717) is 12.1 Å². The van der Waals surface area contributed by atoms with Crippen molar-refractivity contribution in [2.45, 2.75) is 24.9 Å². The average Bonchev–Trinajstić information content (AvgIpc) is 2.75. The Hall–Kier alpha value is -4.17. The van der Waals surface area contributed by atoms with Crippen LogP contribution in [0.15, 0.2) is 47.5 Å². The molecule has 2 aromatic rings. The number of rotatable bonds is 9. The fraction of sp³-hybridized carbons (Fsp3) is 0.238. The van der Waals surface area contributed by atoms with Gasteiger partial charge in [0.2, 0.25) is 5.91 Å². The molecule has 0 radical (unpaired) electrons. The van der Waals surface area contributed by atoms with Gasteiger partial charge in [-0.1, -0.05) is 24.3 Å². The van der Waals surface area contributed by atoms with E-state index in [1.165, 1.54) is 24.3 Å². The molecule has 0 aliphatic rings. The highest BCUT2D eigenvalue weighted by molar-refractivity contribution is 5.97. The van der Waals surface area contributed by atoms with E-state index >= 15 is 0 Å². The average molecular weight is 497 g/mol. The lowest BCUT2D eigenvalue weighted by atomic mass is 9.97. The van der Waals surface area contributed by atoms with Crippen molar-refractivity contribution in [3.63, 3.8) is 0 Å². The molecule has 0 aliphatic carbocycles. The molecule has 2 rings (SSSR count). The van der Waals surface area contributed by atoms with Gasteiger partial charge in [-0.3, -0.25) is 14.4 Å². The number of benzene rings is 2. The number of aliphatic imine (C=N–C) groups is 1. The van der Waals surface area contributed by atoms with Gasteiger partial charge in [0.1, 0.15) is 0 Å². The lowest BCUT2D eigenvalue weighted by Crippen LogP contribution is -2.39. The van der Waals surface area contributed by atoms with Gasteiger partial charge in [0, 0.05) is 11.1 Å². The second-order valence-electron chi connectivity index (χ2n) is 7.21. The number of aliphatic hydroxyl groups is 2. The highest BCUT2D eigenvalue weighted by Crippen LogP contribution is 2.33. The Bertz CT molecular complexity index is 1130. The van der Waals surface area contributed by atoms with Crippen molar-refractivity contribution in [1.82, 2.24) is 10.6 Å². The van der Waals surface area contributed by atoms with Crippen LogP contribution in [0.4, 0.5) is 18.9 Å². The smallest absolute Gasteiger partial charge is 0.416 e. The van der Waals surface area contributed by atoms with Gasteiger partial charge in [-0.25, -0.2) is 4.99 Å². The molecule has 0 saturated carbocycles. The van der Waals surface area contributed by atoms with Crippen LogP contribution in [0.1, 0.15) is 45.8 Å². The summed E-state index contributed by atoms with van der Waals surface area (Å²) in [6, 6.07) is 6.64. The van der Waals surface area contributed by atoms with Crippen molar-refractivity contribution in [3.05, 3.63) is 64.7 Å². The Morgan fingerprint density at radius 2 is 1.66 bits per heavy atom. The fourth-order valence-electron chi connectivity index (χ4n) is 3.10. The number of nitrogens with zero attached hydrogens (tertiary/aromatic N) is 1. The monoisotopic (exact) mass is 497 g/mol. The van der Waals surface area contributed by atoms with E-state index in [0.717, 1.165) is 6.07 Å². The van der Waals surface area contributed by atoms with Gasteiger partial charge in [-0.15, -0.1) is 0 Å². The molecular formula is C21H22F3N5O6. The molecule has 0 aromatic heterocycles. The van der Waals surface area contributed by atoms with Crippen LogP contribution >= 0.6 is 0 Å². The Labute approximate surface area is 196 Å². The molecule has 11 nitrogen and oxygen atoms in total. The largest absolute Gasteiger partial charge is 0.481 e. The summed E-state index contributed by atoms with van der Waals surface area (Å²) in [5, 5.41) is 32.7. The molecule has 2 aromatic carbocycles. The topological polar surface area (TPSA) is 200 Å². The summed E-state index contributed by atoms with van der Waals surface area (Å²) >= 11 is 0. The number of guanidine groups is 1. The number of amides is 2. The molecule has 9 N–H and O–H groups in total. The van der Waals surface area contributed by atoms with Crippen molar-refractivity contribution in [2.75, 3.05) is 6.54 Å². The molecule has 2 amide bonds. The fourth-order valence-corrected chi connectivity index (χ4v) is 3.10. The van der Waals surface area contributed by atoms with Gasteiger partial charge in [0.05, 0.1) is 30.3 Å². The Morgan fingerprint density at radius 3 is 2.20 bits per heavy atom. The molecule has 14 heteroatoms. The van der Waals surface area contributed by atoms with E-state index in [2.05, 4.69) is 15.6 Å². The van der Waals surface area contributed by atoms with E-state index in [1.54, 1.807) is 0 Å². The van der Waals surface area contributed by atoms with E-state index in [1.807, 2.05) is 0 Å². The number of hydrogen-bond acceptors (Lipinski definition) is 6. The molecule has 0 fully saturated rings. The zero-order chi connectivity index (χ0) is 26.3. The number of carboxylic acids is 1. The molecule has 0 spiro atoms. The SMILES string of the molecule is NC(N)=Nc1cc(C(=O)NCC(=O)NC(CC(=O)O)c2ccccc2C(O)O)cc(C(F)(F)F)c1. The Morgan fingerprint density at radius 1 is 1.03 bits per heavy atom. The van der Waals surface area contributed by atoms with Crippen molar-refractivity contribution in [3.8, 4) is 0 Å². The van der Waals surface area contributed by atoms with Crippen LogP contribution < -0.4 is 22.1 Å². The number of halogens is 3. The number of aliphatic hydroxyl groups excluding tert-OH is 1. The maximum Gasteiger partial charge on any atom is 0.416 e. The predicted molar refractivity (Wildman–Crippen MR) is 116 cm³/mol. The maximum atomic E-state index is 13.2. The summed E-state index contributed by atoms with van der Waals surface area (Å²) in [5.74, 6) is -3.78. The maximum absolute atomic E-state index is 13.2. The standard InChI is InChI=1S/C21H22F3N5O6/c22-21(23,24)11-5-10(6-12(7-11)28-20(25)26)18(33)27-9-16(30)29-15(8-17(31)32)13-3-1-2-4-14(13)19(34)35/h1-7,15,19,34-35H,8-9H2,(H,27,33)(H,29,30)(H,31,32)(H4,25,26,28). The number of hydrogen-bond donors (Lipinski definition) is 7. The van der Waals surface area contributed by atoms with Gasteiger partial charge in [0.25, 0.3) is 5.91 Å². The van der Waals surface area contributed by atoms with E-state index in [4.69, 9.17) is 16.6 Å². The number of carboxylic acid groups (broad SMARTS) is 1. The minimum atomic E-state index is -4.81. The van der Waals surface area contributed by atoms with Crippen LogP contribution in [0.3, 0.4) is 0 Å². The van der Waals surface area contributed by atoms with Gasteiger partial charge in [0.15, 0.2) is 12.2 Å². The first kappa shape index (κ1) is 27.1. The third-order valence-corrected chi connectivity index (χ3v) is 4.54. The second kappa shape index (κ2) is 11.3. The first-order chi connectivity index (χ1) is 16.3. The number of nitrogens with two attached hydrogens (primary N) is 2. The Kier molecular flexibility index (Phi) is 8.75. The molecule has 0 bridgehead atoms. The molecule has 35 heavy (non-hydrogen) atoms. The summed E-state index contributed by atoms with van der Waals surface area (Å²) in [7, 11) is 0. The number of aliphatic carboxylic acids is 1. The molecule has 0 heterocycles. The molecule has 0 aliphatic heterocycles. The third-order valence-electron chi connectivity index (χ3n) is 4.54. The van der Waals surface area contributed by atoms with Crippen LogP contribution in [0.25, 0.3) is 0 Å². The minimum absolute atomic E-state index is 0.0423. The summed E-state index contributed by atoms with van der Waals surface area (Å²) in [4.78, 5) is 39.6. The van der Waals surface area contributed by atoms with Crippen LogP contribution in [-0.2, 0) is 15.8 Å². The van der Waals surface area contributed by atoms with Crippen molar-refractivity contribution >= 4 is 29.4 Å². The van der Waals surface area contributed by atoms with Gasteiger partial charge >= 0.3 is 12.1 Å². The number of carbonyl (C=O) groups excluding carboxylic acids is 2. The molecule has 0 saturated heterocycles. The van der Waals surface area contributed by atoms with Gasteiger partial charge in [-0.05, 0) is 23.8 Å². The first-order valence-electron chi connectivity index (χ1n) is 9.84.